The molecule has 0 radical (unpaired) electrons. The van der Waals surface area contributed by atoms with Gasteiger partial charge in [0.05, 0.1) is 0 Å². The fraction of sp³-hybridized carbons (Fsp3) is 0.700. The fourth-order valence-electron chi connectivity index (χ4n) is 4.69. The van der Waals surface area contributed by atoms with Gasteiger partial charge in [-0.25, -0.2) is 0 Å². The van der Waals surface area contributed by atoms with E-state index in [1.54, 1.807) is 0 Å². The summed E-state index contributed by atoms with van der Waals surface area (Å²) in [6.07, 6.45) is 6.26. The first-order valence-electron chi connectivity index (χ1n) is 8.64. The maximum Gasteiger partial charge on any atom is 0.123 e. The predicted octanol–water partition coefficient (Wildman–Crippen LogP) is 5.72. The number of ether oxygens (including phenoxy) is 1. The lowest BCUT2D eigenvalue weighted by molar-refractivity contribution is -0.0681. The topological polar surface area (TPSA) is 9.23 Å². The number of fused-ring (bicyclic) bond motifs is 2. The van der Waals surface area contributed by atoms with Gasteiger partial charge in [-0.2, -0.15) is 0 Å². The van der Waals surface area contributed by atoms with Crippen molar-refractivity contribution >= 4 is 0 Å². The van der Waals surface area contributed by atoms with Crippen LogP contribution in [0, 0.1) is 11.3 Å². The van der Waals surface area contributed by atoms with Crippen LogP contribution in [-0.4, -0.2) is 5.60 Å². The quantitative estimate of drug-likeness (QED) is 0.641. The molecule has 1 aromatic carbocycles. The summed E-state index contributed by atoms with van der Waals surface area (Å²) >= 11 is 0. The lowest BCUT2D eigenvalue weighted by atomic mass is 9.60. The van der Waals surface area contributed by atoms with E-state index >= 15 is 0 Å². The Hall–Kier alpha value is -0.980. The molecule has 0 N–H and O–H groups in total. The van der Waals surface area contributed by atoms with E-state index in [0.717, 1.165) is 5.75 Å². The minimum Gasteiger partial charge on any atom is -0.487 e. The first-order chi connectivity index (χ1) is 9.82. The van der Waals surface area contributed by atoms with Gasteiger partial charge in [-0.15, -0.1) is 0 Å². The monoisotopic (exact) mass is 286 g/mol. The molecule has 2 unspecified atom stereocenters. The van der Waals surface area contributed by atoms with Gasteiger partial charge in [0.25, 0.3) is 0 Å². The number of aryl methyl sites for hydroxylation is 1. The molecule has 1 heteroatoms. The van der Waals surface area contributed by atoms with Gasteiger partial charge >= 0.3 is 0 Å². The summed E-state index contributed by atoms with van der Waals surface area (Å²) in [4.78, 5) is 0. The molecule has 1 aliphatic carbocycles. The van der Waals surface area contributed by atoms with Crippen LogP contribution in [0.15, 0.2) is 18.2 Å². The highest BCUT2D eigenvalue weighted by atomic mass is 16.5. The Balaban J connectivity index is 1.97. The average Bonchev–Trinajstić information content (AvgIpc) is 2.53. The van der Waals surface area contributed by atoms with E-state index in [2.05, 4.69) is 52.8 Å². The van der Waals surface area contributed by atoms with Crippen LogP contribution in [-0.2, 0) is 6.42 Å². The predicted molar refractivity (Wildman–Crippen MR) is 89.0 cm³/mol. The van der Waals surface area contributed by atoms with Gasteiger partial charge in [0.15, 0.2) is 0 Å². The Morgan fingerprint density at radius 3 is 2.62 bits per heavy atom. The zero-order valence-corrected chi connectivity index (χ0v) is 14.3. The van der Waals surface area contributed by atoms with Crippen molar-refractivity contribution in [1.29, 1.82) is 0 Å². The van der Waals surface area contributed by atoms with Crippen LogP contribution in [0.2, 0.25) is 0 Å². The van der Waals surface area contributed by atoms with E-state index in [1.807, 2.05) is 0 Å². The molecule has 1 saturated carbocycles. The summed E-state index contributed by atoms with van der Waals surface area (Å²) < 4.78 is 6.62. The van der Waals surface area contributed by atoms with Crippen molar-refractivity contribution < 1.29 is 4.74 Å². The number of hydrogen-bond acceptors (Lipinski definition) is 1. The maximum atomic E-state index is 6.62. The van der Waals surface area contributed by atoms with Crippen LogP contribution in [0.3, 0.4) is 0 Å². The molecule has 21 heavy (non-hydrogen) atoms. The highest BCUT2D eigenvalue weighted by Gasteiger charge is 2.49. The van der Waals surface area contributed by atoms with Gasteiger partial charge in [-0.1, -0.05) is 39.8 Å². The Morgan fingerprint density at radius 2 is 1.90 bits per heavy atom. The second-order valence-electron chi connectivity index (χ2n) is 8.37. The smallest absolute Gasteiger partial charge is 0.123 e. The molecule has 3 rings (SSSR count). The molecule has 0 saturated heterocycles. The molecule has 1 aliphatic heterocycles. The second-order valence-corrected chi connectivity index (χ2v) is 8.37. The van der Waals surface area contributed by atoms with E-state index in [9.17, 15) is 0 Å². The summed E-state index contributed by atoms with van der Waals surface area (Å²) in [6.45, 7) is 11.8. The van der Waals surface area contributed by atoms with Crippen LogP contribution in [0.25, 0.3) is 0 Å². The van der Waals surface area contributed by atoms with Crippen LogP contribution in [0.4, 0.5) is 0 Å². The van der Waals surface area contributed by atoms with E-state index in [1.165, 1.54) is 43.2 Å². The third-order valence-electron chi connectivity index (χ3n) is 5.97. The molecule has 1 heterocycles. The Morgan fingerprint density at radius 1 is 1.14 bits per heavy atom. The molecule has 116 valence electrons. The van der Waals surface area contributed by atoms with E-state index in [0.29, 0.717) is 17.3 Å². The fourth-order valence-corrected chi connectivity index (χ4v) is 4.69. The van der Waals surface area contributed by atoms with E-state index in [4.69, 9.17) is 4.74 Å². The molecule has 0 spiro atoms. The average molecular weight is 286 g/mol. The minimum absolute atomic E-state index is 0.0202. The van der Waals surface area contributed by atoms with Gasteiger partial charge in [0.2, 0.25) is 0 Å². The maximum absolute atomic E-state index is 6.62. The summed E-state index contributed by atoms with van der Waals surface area (Å²) in [5.74, 6) is 2.39. The van der Waals surface area contributed by atoms with Crippen molar-refractivity contribution in [2.45, 2.75) is 78.2 Å². The van der Waals surface area contributed by atoms with Crippen molar-refractivity contribution in [3.8, 4) is 5.75 Å². The Labute approximate surface area is 130 Å². The summed E-state index contributed by atoms with van der Waals surface area (Å²) in [6, 6.07) is 6.86. The molecular formula is C20H30O. The molecule has 1 nitrogen and oxygen atoms in total. The van der Waals surface area contributed by atoms with Gasteiger partial charge in [-0.3, -0.25) is 0 Å². The Kier molecular flexibility index (Phi) is 3.58. The van der Waals surface area contributed by atoms with Crippen LogP contribution >= 0.6 is 0 Å². The van der Waals surface area contributed by atoms with Crippen molar-refractivity contribution in [2.24, 2.45) is 11.3 Å². The molecular weight excluding hydrogens is 256 g/mol. The standard InChI is InChI=1S/C20H30O/c1-14(2)15-7-9-17-16(13-15)8-10-18-19(3,4)11-6-12-20(18,5)21-17/h7,9,13-14,18H,6,8,10-12H2,1-5H3. The van der Waals surface area contributed by atoms with Gasteiger partial charge in [0, 0.05) is 5.92 Å². The highest BCUT2D eigenvalue weighted by Crippen LogP contribution is 2.52. The molecule has 0 bridgehead atoms. The summed E-state index contributed by atoms with van der Waals surface area (Å²) in [5.41, 5.74) is 3.28. The van der Waals surface area contributed by atoms with Crippen molar-refractivity contribution in [1.82, 2.24) is 0 Å². The second kappa shape index (κ2) is 5.04. The summed E-state index contributed by atoms with van der Waals surface area (Å²) in [7, 11) is 0. The van der Waals surface area contributed by atoms with Gasteiger partial charge in [0.1, 0.15) is 11.4 Å². The lowest BCUT2D eigenvalue weighted by Crippen LogP contribution is -2.50. The first-order valence-corrected chi connectivity index (χ1v) is 8.64. The molecule has 2 atom stereocenters. The molecule has 1 aromatic rings. The molecule has 1 fully saturated rings. The van der Waals surface area contributed by atoms with Crippen molar-refractivity contribution in [3.05, 3.63) is 29.3 Å². The largest absolute Gasteiger partial charge is 0.487 e. The lowest BCUT2D eigenvalue weighted by Gasteiger charge is -2.49. The highest BCUT2D eigenvalue weighted by molar-refractivity contribution is 5.40. The first kappa shape index (κ1) is 14.9. The van der Waals surface area contributed by atoms with Crippen molar-refractivity contribution in [2.75, 3.05) is 0 Å². The molecule has 2 aliphatic rings. The number of rotatable bonds is 1. The molecule has 0 amide bonds. The van der Waals surface area contributed by atoms with Gasteiger partial charge < -0.3 is 4.74 Å². The molecule has 0 aromatic heterocycles. The van der Waals surface area contributed by atoms with Crippen molar-refractivity contribution in [3.63, 3.8) is 0 Å². The normalized spacial score (nSPS) is 31.0. The zero-order valence-electron chi connectivity index (χ0n) is 14.3. The third kappa shape index (κ3) is 2.60. The van der Waals surface area contributed by atoms with E-state index < -0.39 is 0 Å². The third-order valence-corrected chi connectivity index (χ3v) is 5.97. The SMILES string of the molecule is CC(C)c1ccc2c(c1)CCC1C(C)(C)CCCC1(C)O2. The van der Waals surface area contributed by atoms with E-state index in [-0.39, 0.29) is 5.60 Å². The summed E-state index contributed by atoms with van der Waals surface area (Å²) in [5, 5.41) is 0. The van der Waals surface area contributed by atoms with Crippen LogP contribution < -0.4 is 4.74 Å². The van der Waals surface area contributed by atoms with Crippen LogP contribution in [0.5, 0.6) is 5.75 Å². The zero-order chi connectivity index (χ0) is 15.3. The minimum atomic E-state index is 0.0202. The van der Waals surface area contributed by atoms with Crippen LogP contribution in [0.1, 0.15) is 77.3 Å². The number of benzene rings is 1. The Bertz CT molecular complexity index is 529. The van der Waals surface area contributed by atoms with Gasteiger partial charge in [-0.05, 0) is 67.6 Å². The number of hydrogen-bond donors (Lipinski definition) is 0.